The number of imidazole rings is 3. The van der Waals surface area contributed by atoms with Crippen molar-refractivity contribution in [3.8, 4) is 11.5 Å². The third-order valence-corrected chi connectivity index (χ3v) is 11.5. The number of carbonyl (C=O) groups is 4. The monoisotopic (exact) mass is 879 g/mol. The summed E-state index contributed by atoms with van der Waals surface area (Å²) >= 11 is 0. The fourth-order valence-corrected chi connectivity index (χ4v) is 7.80. The van der Waals surface area contributed by atoms with Crippen molar-refractivity contribution < 1.29 is 19.2 Å². The molecule has 5 N–H and O–H groups in total. The maximum Gasteiger partial charge on any atom is 0.291 e. The van der Waals surface area contributed by atoms with Crippen LogP contribution in [0.25, 0.3) is 22.6 Å². The van der Waals surface area contributed by atoms with Crippen LogP contribution < -0.4 is 26.2 Å². The molecule has 8 rings (SSSR count). The van der Waals surface area contributed by atoms with Gasteiger partial charge in [-0.15, -0.1) is 0 Å². The number of amides is 4. The maximum absolute atomic E-state index is 13.4. The second-order valence-electron chi connectivity index (χ2n) is 16.5. The summed E-state index contributed by atoms with van der Waals surface area (Å²) in [4.78, 5) is 78.1. The van der Waals surface area contributed by atoms with Gasteiger partial charge in [-0.2, -0.15) is 0 Å². The maximum atomic E-state index is 13.4. The first-order valence-electron chi connectivity index (χ1n) is 21.3. The Bertz CT molecular complexity index is 2950. The summed E-state index contributed by atoms with van der Waals surface area (Å²) < 4.78 is 6.96. The number of carbonyl (C=O) groups excluding carboxylic acids is 4. The standard InChI is InChI=1S/C46H53N15O4/c1-28-10-12-33(61-19-17-56(3)18-20-61)24-35(28)49-29(2)37-22-31(25-58(37)5)51-46(65)43-55-39(27-60(43)7)54-40(62)9-8-14-48-44(63)30-11-13-34-36(21-30)53-41(52-34)38-23-32(26-59(38)6)50-45(64)42-47-15-16-57(42)4/h10-13,15-16,21-27H,8-9,14,17-20H2,1-7H3,(H,48,63)(H,50,64)(H,51,65)(H,52,53)(H,54,62). The molecule has 19 nitrogen and oxygen atoms in total. The van der Waals surface area contributed by atoms with Crippen LogP contribution in [0.2, 0.25) is 0 Å². The first-order chi connectivity index (χ1) is 31.2. The van der Waals surface area contributed by atoms with E-state index in [1.165, 1.54) is 0 Å². The SMILES string of the molecule is CC(=Nc1cc(N2CCN(C)CC2)ccc1C)c1cc(NC(=O)c2nc(NC(=O)CCCNC(=O)c3ccc4nc(-c5cc(NC(=O)c6nccn6C)cn5C)[nH]c4c3)cn2C)cn1C. The number of H-pyrrole nitrogens is 1. The minimum atomic E-state index is -0.431. The van der Waals surface area contributed by atoms with Gasteiger partial charge in [-0.25, -0.2) is 15.0 Å². The summed E-state index contributed by atoms with van der Waals surface area (Å²) in [7, 11) is 9.34. The van der Waals surface area contributed by atoms with Gasteiger partial charge in [0, 0.05) is 110 Å². The van der Waals surface area contributed by atoms with Crippen LogP contribution in [0.15, 0.2) is 84.5 Å². The zero-order valence-electron chi connectivity index (χ0n) is 37.6. The topological polar surface area (TPSA) is 209 Å². The number of aryl methyl sites for hydroxylation is 5. The Labute approximate surface area is 375 Å². The Kier molecular flexibility index (Phi) is 12.5. The van der Waals surface area contributed by atoms with Crippen molar-refractivity contribution in [2.75, 3.05) is 60.6 Å². The van der Waals surface area contributed by atoms with Crippen LogP contribution in [0.3, 0.4) is 0 Å². The normalized spacial score (nSPS) is 13.3. The van der Waals surface area contributed by atoms with Crippen molar-refractivity contribution in [1.82, 2.24) is 48.4 Å². The summed E-state index contributed by atoms with van der Waals surface area (Å²) in [6, 6.07) is 15.3. The third-order valence-electron chi connectivity index (χ3n) is 11.5. The lowest BCUT2D eigenvalue weighted by atomic mass is 10.1. The number of benzene rings is 2. The van der Waals surface area contributed by atoms with Gasteiger partial charge < -0.3 is 54.3 Å². The predicted molar refractivity (Wildman–Crippen MR) is 251 cm³/mol. The van der Waals surface area contributed by atoms with Crippen LogP contribution >= 0.6 is 0 Å². The van der Waals surface area contributed by atoms with Crippen LogP contribution in [-0.2, 0) is 33.0 Å². The Morgan fingerprint density at radius 2 is 1.49 bits per heavy atom. The van der Waals surface area contributed by atoms with E-state index in [2.05, 4.69) is 83.2 Å². The average Bonchev–Trinajstić information content (AvgIpc) is 4.12. The Morgan fingerprint density at radius 3 is 2.25 bits per heavy atom. The number of aliphatic imine (C=N–C) groups is 1. The van der Waals surface area contributed by atoms with E-state index < -0.39 is 5.91 Å². The van der Waals surface area contributed by atoms with Crippen molar-refractivity contribution in [2.45, 2.75) is 26.7 Å². The highest BCUT2D eigenvalue weighted by atomic mass is 16.2. The lowest BCUT2D eigenvalue weighted by molar-refractivity contribution is -0.116. The van der Waals surface area contributed by atoms with E-state index in [-0.39, 0.29) is 42.3 Å². The molecule has 6 heterocycles. The van der Waals surface area contributed by atoms with Crippen molar-refractivity contribution >= 4 is 68.9 Å². The third kappa shape index (κ3) is 9.89. The molecule has 0 aliphatic carbocycles. The van der Waals surface area contributed by atoms with Gasteiger partial charge in [0.2, 0.25) is 11.7 Å². The summed E-state index contributed by atoms with van der Waals surface area (Å²) in [6.45, 7) is 8.27. The molecule has 1 aliphatic rings. The number of hydrogen-bond acceptors (Lipinski definition) is 10. The van der Waals surface area contributed by atoms with Crippen molar-refractivity contribution in [2.24, 2.45) is 33.2 Å². The largest absolute Gasteiger partial charge is 0.369 e. The number of aromatic amines is 1. The number of piperazine rings is 1. The highest BCUT2D eigenvalue weighted by Crippen LogP contribution is 2.29. The van der Waals surface area contributed by atoms with Gasteiger partial charge in [0.25, 0.3) is 17.7 Å². The highest BCUT2D eigenvalue weighted by molar-refractivity contribution is 6.05. The second kappa shape index (κ2) is 18.5. The fraction of sp³-hybridized carbons (Fsp3) is 0.304. The number of anilines is 4. The van der Waals surface area contributed by atoms with E-state index >= 15 is 0 Å². The summed E-state index contributed by atoms with van der Waals surface area (Å²) in [5.74, 6) is -0.132. The van der Waals surface area contributed by atoms with Gasteiger partial charge in [0.05, 0.1) is 45.2 Å². The number of nitrogens with one attached hydrogen (secondary N) is 5. The van der Waals surface area contributed by atoms with Crippen LogP contribution in [-0.4, -0.2) is 112 Å². The summed E-state index contributed by atoms with van der Waals surface area (Å²) in [6.07, 6.45) is 8.95. The van der Waals surface area contributed by atoms with Crippen LogP contribution in [0.5, 0.6) is 0 Å². The molecule has 0 atom stereocenters. The number of fused-ring (bicyclic) bond motifs is 1. The lowest BCUT2D eigenvalue weighted by Crippen LogP contribution is -2.44. The minimum Gasteiger partial charge on any atom is -0.369 e. The zero-order chi connectivity index (χ0) is 45.9. The smallest absolute Gasteiger partial charge is 0.291 e. The molecule has 0 bridgehead atoms. The molecule has 0 spiro atoms. The predicted octanol–water partition coefficient (Wildman–Crippen LogP) is 5.23. The van der Waals surface area contributed by atoms with E-state index in [0.29, 0.717) is 46.0 Å². The van der Waals surface area contributed by atoms with Gasteiger partial charge in [0.1, 0.15) is 0 Å². The molecule has 1 fully saturated rings. The number of likely N-dealkylation sites (N-methyl/N-ethyl adjacent to an activating group) is 1. The molecule has 2 aromatic carbocycles. The molecule has 4 amide bonds. The quantitative estimate of drug-likeness (QED) is 0.0715. The minimum absolute atomic E-state index is 0.121. The Morgan fingerprint density at radius 1 is 0.754 bits per heavy atom. The van der Waals surface area contributed by atoms with E-state index in [9.17, 15) is 19.2 Å². The number of nitrogens with zero attached hydrogens (tertiary/aromatic N) is 10. The van der Waals surface area contributed by atoms with Crippen molar-refractivity contribution in [1.29, 1.82) is 0 Å². The molecule has 336 valence electrons. The van der Waals surface area contributed by atoms with Crippen LogP contribution in [0, 0.1) is 6.92 Å². The molecule has 5 aromatic heterocycles. The lowest BCUT2D eigenvalue weighted by Gasteiger charge is -2.34. The number of aromatic nitrogens is 8. The first kappa shape index (κ1) is 43.8. The molecule has 1 aliphatic heterocycles. The fourth-order valence-electron chi connectivity index (χ4n) is 7.80. The summed E-state index contributed by atoms with van der Waals surface area (Å²) in [5.41, 5.74) is 8.48. The van der Waals surface area contributed by atoms with Gasteiger partial charge in [0.15, 0.2) is 17.5 Å². The molecule has 0 saturated carbocycles. The van der Waals surface area contributed by atoms with Crippen LogP contribution in [0.1, 0.15) is 62.6 Å². The second-order valence-corrected chi connectivity index (χ2v) is 16.5. The Balaban J connectivity index is 0.809. The highest BCUT2D eigenvalue weighted by Gasteiger charge is 2.20. The molecular formula is C46H53N15O4. The van der Waals surface area contributed by atoms with E-state index in [1.807, 2.05) is 42.4 Å². The Hall–Kier alpha value is -7.80. The molecule has 0 radical (unpaired) electrons. The number of rotatable bonds is 14. The van der Waals surface area contributed by atoms with Crippen LogP contribution in [0.4, 0.5) is 28.6 Å². The summed E-state index contributed by atoms with van der Waals surface area (Å²) in [5, 5.41) is 11.4. The molecule has 1 saturated heterocycles. The van der Waals surface area contributed by atoms with Gasteiger partial charge >= 0.3 is 0 Å². The average molecular weight is 880 g/mol. The zero-order valence-corrected chi connectivity index (χ0v) is 37.6. The van der Waals surface area contributed by atoms with E-state index in [1.54, 1.807) is 72.3 Å². The van der Waals surface area contributed by atoms with E-state index in [0.717, 1.165) is 60.2 Å². The van der Waals surface area contributed by atoms with Gasteiger partial charge in [-0.1, -0.05) is 6.07 Å². The first-order valence-corrected chi connectivity index (χ1v) is 21.3. The molecule has 65 heavy (non-hydrogen) atoms. The molecule has 0 unspecified atom stereocenters. The van der Waals surface area contributed by atoms with Crippen molar-refractivity contribution in [3.05, 3.63) is 108 Å². The van der Waals surface area contributed by atoms with E-state index in [4.69, 9.17) is 4.99 Å². The van der Waals surface area contributed by atoms with Gasteiger partial charge in [-0.3, -0.25) is 24.2 Å². The molecular weight excluding hydrogens is 827 g/mol. The molecule has 19 heteroatoms. The molecule has 7 aromatic rings. The number of hydrogen-bond donors (Lipinski definition) is 5. The van der Waals surface area contributed by atoms with Crippen molar-refractivity contribution in [3.63, 3.8) is 0 Å². The van der Waals surface area contributed by atoms with Gasteiger partial charge in [-0.05, 0) is 75.3 Å².